The Hall–Kier alpha value is -0.330. The first-order valence-corrected chi connectivity index (χ1v) is 4.78. The van der Waals surface area contributed by atoms with Crippen molar-refractivity contribution in [1.29, 1.82) is 0 Å². The van der Waals surface area contributed by atoms with Crippen LogP contribution in [0.5, 0.6) is 0 Å². The molecular formula is C9H16F3NO2. The quantitative estimate of drug-likeness (QED) is 0.726. The summed E-state index contributed by atoms with van der Waals surface area (Å²) in [6.07, 6.45) is -7.56. The number of aliphatic hydroxyl groups is 2. The van der Waals surface area contributed by atoms with Gasteiger partial charge in [-0.05, 0) is 0 Å². The number of aliphatic hydroxyl groups excluding tert-OH is 2. The lowest BCUT2D eigenvalue weighted by atomic mass is 9.90. The lowest BCUT2D eigenvalue weighted by molar-refractivity contribution is -0.207. The molecule has 1 saturated heterocycles. The first-order valence-electron chi connectivity index (χ1n) is 4.78. The summed E-state index contributed by atoms with van der Waals surface area (Å²) in [7, 11) is 0. The summed E-state index contributed by atoms with van der Waals surface area (Å²) in [5, 5.41) is 18.4. The Morgan fingerprint density at radius 1 is 1.47 bits per heavy atom. The molecule has 1 fully saturated rings. The highest BCUT2D eigenvalue weighted by Crippen LogP contribution is 2.30. The van der Waals surface area contributed by atoms with Gasteiger partial charge >= 0.3 is 6.18 Å². The van der Waals surface area contributed by atoms with Crippen LogP contribution < -0.4 is 0 Å². The van der Waals surface area contributed by atoms with Gasteiger partial charge in [0.2, 0.25) is 0 Å². The molecule has 1 aliphatic rings. The predicted molar refractivity (Wildman–Crippen MR) is 48.3 cm³/mol. The fraction of sp³-hybridized carbons (Fsp3) is 1.00. The number of β-amino-alcohol motifs (C(OH)–C–C–N with tert-alkyl or cyclic N) is 2. The average molecular weight is 227 g/mol. The van der Waals surface area contributed by atoms with Gasteiger partial charge in [-0.15, -0.1) is 0 Å². The zero-order valence-corrected chi connectivity index (χ0v) is 8.75. The van der Waals surface area contributed by atoms with Crippen molar-refractivity contribution in [2.75, 3.05) is 19.6 Å². The van der Waals surface area contributed by atoms with Gasteiger partial charge < -0.3 is 10.2 Å². The molecule has 0 aliphatic carbocycles. The Balaban J connectivity index is 2.50. The normalized spacial score (nSPS) is 29.4. The van der Waals surface area contributed by atoms with Crippen molar-refractivity contribution in [3.63, 3.8) is 0 Å². The van der Waals surface area contributed by atoms with E-state index >= 15 is 0 Å². The Kier molecular flexibility index (Phi) is 3.33. The molecule has 0 bridgehead atoms. The van der Waals surface area contributed by atoms with E-state index in [1.165, 1.54) is 4.90 Å². The highest BCUT2D eigenvalue weighted by Gasteiger charge is 2.43. The minimum absolute atomic E-state index is 0.181. The second kappa shape index (κ2) is 3.92. The fourth-order valence-electron chi connectivity index (χ4n) is 1.73. The average Bonchev–Trinajstić information content (AvgIpc) is 2.23. The third-order valence-corrected chi connectivity index (χ3v) is 2.77. The van der Waals surface area contributed by atoms with Crippen molar-refractivity contribution in [2.45, 2.75) is 32.2 Å². The minimum atomic E-state index is -4.59. The predicted octanol–water partition coefficient (Wildman–Crippen LogP) is 0.612. The summed E-state index contributed by atoms with van der Waals surface area (Å²) in [5.74, 6) is 0. The van der Waals surface area contributed by atoms with Gasteiger partial charge in [0.15, 0.2) is 6.10 Å². The van der Waals surface area contributed by atoms with Crippen LogP contribution in [0.15, 0.2) is 0 Å². The molecule has 6 heteroatoms. The number of hydrogen-bond donors (Lipinski definition) is 2. The molecule has 1 rings (SSSR count). The van der Waals surface area contributed by atoms with Crippen LogP contribution in [0.25, 0.3) is 0 Å². The smallest absolute Gasteiger partial charge is 0.391 e. The zero-order valence-electron chi connectivity index (χ0n) is 8.75. The molecule has 1 aliphatic heterocycles. The molecule has 1 heterocycles. The second-order valence-corrected chi connectivity index (χ2v) is 4.76. The molecule has 0 saturated carbocycles. The van der Waals surface area contributed by atoms with E-state index in [1.54, 1.807) is 13.8 Å². The monoisotopic (exact) mass is 227 g/mol. The number of nitrogens with zero attached hydrogens (tertiary/aromatic N) is 1. The Bertz CT molecular complexity index is 230. The molecule has 0 aromatic rings. The molecule has 3 nitrogen and oxygen atoms in total. The number of likely N-dealkylation sites (tertiary alicyclic amines) is 1. The summed E-state index contributed by atoms with van der Waals surface area (Å²) in [6, 6.07) is 0. The van der Waals surface area contributed by atoms with Crippen molar-refractivity contribution < 1.29 is 23.4 Å². The maximum Gasteiger partial charge on any atom is 0.415 e. The van der Waals surface area contributed by atoms with Gasteiger partial charge in [0, 0.05) is 25.0 Å². The maximum atomic E-state index is 12.1. The molecule has 0 radical (unpaired) electrons. The standard InChI is InChI=1S/C9H16F3NO2/c1-8(2)5-13(3-6(8)14)4-7(15)9(10,11)12/h6-7,14-15H,3-5H2,1-2H3/t6-,7+/m0/s1. The molecule has 0 spiro atoms. The third-order valence-electron chi connectivity index (χ3n) is 2.77. The molecule has 15 heavy (non-hydrogen) atoms. The largest absolute Gasteiger partial charge is 0.415 e. The van der Waals surface area contributed by atoms with E-state index in [1.807, 2.05) is 0 Å². The number of alkyl halides is 3. The van der Waals surface area contributed by atoms with Crippen LogP contribution in [0.4, 0.5) is 13.2 Å². The van der Waals surface area contributed by atoms with Gasteiger partial charge in [-0.3, -0.25) is 4.90 Å². The Morgan fingerprint density at radius 2 is 2.00 bits per heavy atom. The maximum absolute atomic E-state index is 12.1. The van der Waals surface area contributed by atoms with Crippen molar-refractivity contribution >= 4 is 0 Å². The number of halogens is 3. The second-order valence-electron chi connectivity index (χ2n) is 4.76. The highest BCUT2D eigenvalue weighted by atomic mass is 19.4. The first kappa shape index (κ1) is 12.7. The van der Waals surface area contributed by atoms with Crippen LogP contribution in [0, 0.1) is 5.41 Å². The SMILES string of the molecule is CC1(C)CN(C[C@@H](O)C(F)(F)F)C[C@@H]1O. The van der Waals surface area contributed by atoms with Crippen molar-refractivity contribution in [2.24, 2.45) is 5.41 Å². The third kappa shape index (κ3) is 3.06. The first-order chi connectivity index (χ1) is 6.63. The molecule has 90 valence electrons. The van der Waals surface area contributed by atoms with Gasteiger partial charge in [-0.2, -0.15) is 13.2 Å². The molecule has 2 atom stereocenters. The lowest BCUT2D eigenvalue weighted by Crippen LogP contribution is -2.40. The van der Waals surface area contributed by atoms with Crippen LogP contribution in [-0.2, 0) is 0 Å². The van der Waals surface area contributed by atoms with E-state index in [0.29, 0.717) is 6.54 Å². The number of hydrogen-bond acceptors (Lipinski definition) is 3. The summed E-state index contributed by atoms with van der Waals surface area (Å²) in [4.78, 5) is 1.43. The summed E-state index contributed by atoms with van der Waals surface area (Å²) >= 11 is 0. The van der Waals surface area contributed by atoms with Crippen molar-refractivity contribution in [1.82, 2.24) is 4.90 Å². The van der Waals surface area contributed by atoms with E-state index in [-0.39, 0.29) is 6.54 Å². The zero-order chi connectivity index (χ0) is 11.9. The van der Waals surface area contributed by atoms with Gasteiger partial charge in [-0.1, -0.05) is 13.8 Å². The van der Waals surface area contributed by atoms with Crippen LogP contribution in [0.2, 0.25) is 0 Å². The van der Waals surface area contributed by atoms with Gasteiger partial charge in [0.25, 0.3) is 0 Å². The molecule has 0 amide bonds. The topological polar surface area (TPSA) is 43.7 Å². The molecule has 0 aromatic carbocycles. The Labute approximate surface area is 86.5 Å². The summed E-state index contributed by atoms with van der Waals surface area (Å²) in [5.41, 5.74) is -0.411. The number of rotatable bonds is 2. The van der Waals surface area contributed by atoms with E-state index in [9.17, 15) is 18.3 Å². The van der Waals surface area contributed by atoms with Gasteiger partial charge in [-0.25, -0.2) is 0 Å². The van der Waals surface area contributed by atoms with E-state index < -0.39 is 30.3 Å². The van der Waals surface area contributed by atoms with E-state index in [0.717, 1.165) is 0 Å². The molecule has 0 aromatic heterocycles. The lowest BCUT2D eigenvalue weighted by Gasteiger charge is -2.23. The molecule has 2 N–H and O–H groups in total. The molecular weight excluding hydrogens is 211 g/mol. The van der Waals surface area contributed by atoms with Gasteiger partial charge in [0.1, 0.15) is 0 Å². The van der Waals surface area contributed by atoms with Crippen LogP contribution in [0.3, 0.4) is 0 Å². The van der Waals surface area contributed by atoms with Gasteiger partial charge in [0.05, 0.1) is 6.10 Å². The van der Waals surface area contributed by atoms with Crippen LogP contribution in [0.1, 0.15) is 13.8 Å². The van der Waals surface area contributed by atoms with Crippen LogP contribution in [-0.4, -0.2) is 53.1 Å². The van der Waals surface area contributed by atoms with Crippen molar-refractivity contribution in [3.05, 3.63) is 0 Å². The molecule has 0 unspecified atom stereocenters. The summed E-state index contributed by atoms with van der Waals surface area (Å²) < 4.78 is 36.2. The fourth-order valence-corrected chi connectivity index (χ4v) is 1.73. The Morgan fingerprint density at radius 3 is 2.33 bits per heavy atom. The van der Waals surface area contributed by atoms with E-state index in [4.69, 9.17) is 5.11 Å². The summed E-state index contributed by atoms with van der Waals surface area (Å²) in [6.45, 7) is 3.65. The van der Waals surface area contributed by atoms with Crippen LogP contribution >= 0.6 is 0 Å². The highest BCUT2D eigenvalue weighted by molar-refractivity contribution is 4.91. The van der Waals surface area contributed by atoms with E-state index in [2.05, 4.69) is 0 Å². The van der Waals surface area contributed by atoms with Crippen molar-refractivity contribution in [3.8, 4) is 0 Å². The minimum Gasteiger partial charge on any atom is -0.391 e.